The zero-order chi connectivity index (χ0) is 15.2. The SMILES string of the molecule is CCC(N)C(c1cccc(OC)c1)N1CCC(OC)CC1. The summed E-state index contributed by atoms with van der Waals surface area (Å²) in [7, 11) is 3.51. The second kappa shape index (κ2) is 7.78. The van der Waals surface area contributed by atoms with Gasteiger partial charge in [0.2, 0.25) is 0 Å². The fourth-order valence-electron chi connectivity index (χ4n) is 3.17. The second-order valence-corrected chi connectivity index (χ2v) is 5.76. The third-order valence-corrected chi connectivity index (χ3v) is 4.52. The first-order chi connectivity index (χ1) is 10.2. The lowest BCUT2D eigenvalue weighted by Crippen LogP contribution is -2.45. The number of hydrogen-bond donors (Lipinski definition) is 1. The summed E-state index contributed by atoms with van der Waals surface area (Å²) >= 11 is 0. The maximum absolute atomic E-state index is 6.43. The molecule has 2 unspecified atom stereocenters. The summed E-state index contributed by atoms with van der Waals surface area (Å²) in [4.78, 5) is 2.50. The minimum absolute atomic E-state index is 0.135. The van der Waals surface area contributed by atoms with Gasteiger partial charge in [0.15, 0.2) is 0 Å². The van der Waals surface area contributed by atoms with E-state index >= 15 is 0 Å². The quantitative estimate of drug-likeness (QED) is 0.875. The highest BCUT2D eigenvalue weighted by Gasteiger charge is 2.29. The van der Waals surface area contributed by atoms with Crippen LogP contribution in [0.25, 0.3) is 0 Å². The Hall–Kier alpha value is -1.10. The molecule has 1 fully saturated rings. The van der Waals surface area contributed by atoms with Crippen LogP contribution in [0.5, 0.6) is 5.75 Å². The van der Waals surface area contributed by atoms with Crippen molar-refractivity contribution in [3.05, 3.63) is 29.8 Å². The molecule has 2 rings (SSSR count). The van der Waals surface area contributed by atoms with Crippen molar-refractivity contribution < 1.29 is 9.47 Å². The zero-order valence-electron chi connectivity index (χ0n) is 13.4. The van der Waals surface area contributed by atoms with Crippen molar-refractivity contribution >= 4 is 0 Å². The van der Waals surface area contributed by atoms with E-state index < -0.39 is 0 Å². The van der Waals surface area contributed by atoms with E-state index in [4.69, 9.17) is 15.2 Å². The van der Waals surface area contributed by atoms with Crippen molar-refractivity contribution in [3.8, 4) is 5.75 Å². The summed E-state index contributed by atoms with van der Waals surface area (Å²) in [6.07, 6.45) is 3.51. The number of hydrogen-bond acceptors (Lipinski definition) is 4. The summed E-state index contributed by atoms with van der Waals surface area (Å²) in [5.41, 5.74) is 7.67. The van der Waals surface area contributed by atoms with Gasteiger partial charge in [-0.05, 0) is 37.0 Å². The standard InChI is InChI=1S/C17H28N2O2/c1-4-16(18)17(13-6-5-7-15(12-13)21-3)19-10-8-14(20-2)9-11-19/h5-7,12,14,16-17H,4,8-11,18H2,1-3H3. The number of piperidine rings is 1. The van der Waals surface area contributed by atoms with Gasteiger partial charge < -0.3 is 15.2 Å². The van der Waals surface area contributed by atoms with Crippen LogP contribution in [-0.4, -0.2) is 44.4 Å². The van der Waals surface area contributed by atoms with Crippen LogP contribution in [0, 0.1) is 0 Å². The van der Waals surface area contributed by atoms with E-state index in [1.807, 2.05) is 12.1 Å². The lowest BCUT2D eigenvalue weighted by molar-refractivity contribution is 0.0222. The lowest BCUT2D eigenvalue weighted by Gasteiger charge is -2.40. The average Bonchev–Trinajstić information content (AvgIpc) is 2.55. The molecule has 1 saturated heterocycles. The Morgan fingerprint density at radius 3 is 2.57 bits per heavy atom. The number of methoxy groups -OCH3 is 2. The normalized spacial score (nSPS) is 20.2. The van der Waals surface area contributed by atoms with Crippen molar-refractivity contribution in [1.29, 1.82) is 0 Å². The van der Waals surface area contributed by atoms with Crippen LogP contribution in [0.15, 0.2) is 24.3 Å². The van der Waals surface area contributed by atoms with E-state index in [0.717, 1.165) is 38.1 Å². The van der Waals surface area contributed by atoms with Gasteiger partial charge in [0.25, 0.3) is 0 Å². The molecule has 2 atom stereocenters. The lowest BCUT2D eigenvalue weighted by atomic mass is 9.93. The van der Waals surface area contributed by atoms with Crippen LogP contribution in [0.3, 0.4) is 0 Å². The van der Waals surface area contributed by atoms with Crippen molar-refractivity contribution in [1.82, 2.24) is 4.90 Å². The number of ether oxygens (including phenoxy) is 2. The molecule has 118 valence electrons. The molecule has 21 heavy (non-hydrogen) atoms. The molecule has 0 saturated carbocycles. The van der Waals surface area contributed by atoms with Crippen molar-refractivity contribution in [2.75, 3.05) is 27.3 Å². The van der Waals surface area contributed by atoms with E-state index in [9.17, 15) is 0 Å². The molecule has 4 heteroatoms. The summed E-state index contributed by atoms with van der Waals surface area (Å²) in [5.74, 6) is 0.896. The van der Waals surface area contributed by atoms with Crippen LogP contribution < -0.4 is 10.5 Å². The van der Waals surface area contributed by atoms with Gasteiger partial charge in [-0.2, -0.15) is 0 Å². The number of nitrogens with zero attached hydrogens (tertiary/aromatic N) is 1. The highest BCUT2D eigenvalue weighted by Crippen LogP contribution is 2.30. The molecule has 1 aromatic carbocycles. The van der Waals surface area contributed by atoms with Crippen LogP contribution in [0.1, 0.15) is 37.8 Å². The first-order valence-corrected chi connectivity index (χ1v) is 7.86. The Bertz CT molecular complexity index is 431. The van der Waals surface area contributed by atoms with Crippen molar-refractivity contribution in [3.63, 3.8) is 0 Å². The first-order valence-electron chi connectivity index (χ1n) is 7.86. The third kappa shape index (κ3) is 3.96. The summed E-state index contributed by atoms with van der Waals surface area (Å²) < 4.78 is 10.8. The summed E-state index contributed by atoms with van der Waals surface area (Å²) in [6.45, 7) is 4.22. The Morgan fingerprint density at radius 1 is 1.29 bits per heavy atom. The van der Waals surface area contributed by atoms with Gasteiger partial charge in [-0.25, -0.2) is 0 Å². The van der Waals surface area contributed by atoms with Gasteiger partial charge in [0.1, 0.15) is 5.75 Å². The van der Waals surface area contributed by atoms with Gasteiger partial charge in [-0.3, -0.25) is 4.90 Å². The molecule has 0 spiro atoms. The molecule has 0 amide bonds. The largest absolute Gasteiger partial charge is 0.497 e. The maximum atomic E-state index is 6.43. The van der Waals surface area contributed by atoms with Gasteiger partial charge in [-0.1, -0.05) is 19.1 Å². The Kier molecular flexibility index (Phi) is 6.03. The predicted molar refractivity (Wildman–Crippen MR) is 85.6 cm³/mol. The van der Waals surface area contributed by atoms with Gasteiger partial charge in [0.05, 0.1) is 13.2 Å². The Balaban J connectivity index is 2.18. The number of nitrogens with two attached hydrogens (primary N) is 1. The van der Waals surface area contributed by atoms with Crippen molar-refractivity contribution in [2.45, 2.75) is 44.4 Å². The Morgan fingerprint density at radius 2 is 2.00 bits per heavy atom. The highest BCUT2D eigenvalue weighted by molar-refractivity contribution is 5.31. The Labute approximate surface area is 128 Å². The van der Waals surface area contributed by atoms with Crippen LogP contribution in [-0.2, 0) is 4.74 Å². The molecule has 0 bridgehead atoms. The van der Waals surface area contributed by atoms with Crippen LogP contribution in [0.2, 0.25) is 0 Å². The second-order valence-electron chi connectivity index (χ2n) is 5.76. The zero-order valence-corrected chi connectivity index (χ0v) is 13.4. The molecular formula is C17H28N2O2. The average molecular weight is 292 g/mol. The number of likely N-dealkylation sites (tertiary alicyclic amines) is 1. The fourth-order valence-corrected chi connectivity index (χ4v) is 3.17. The molecule has 1 heterocycles. The molecule has 1 aliphatic rings. The molecule has 0 radical (unpaired) electrons. The van der Waals surface area contributed by atoms with Gasteiger partial charge in [-0.15, -0.1) is 0 Å². The molecular weight excluding hydrogens is 264 g/mol. The van der Waals surface area contributed by atoms with Crippen molar-refractivity contribution in [2.24, 2.45) is 5.73 Å². The van der Waals surface area contributed by atoms with Crippen LogP contribution in [0.4, 0.5) is 0 Å². The minimum Gasteiger partial charge on any atom is -0.497 e. The smallest absolute Gasteiger partial charge is 0.119 e. The number of benzene rings is 1. The summed E-state index contributed by atoms with van der Waals surface area (Å²) in [6, 6.07) is 8.69. The monoisotopic (exact) mass is 292 g/mol. The molecule has 1 aliphatic heterocycles. The van der Waals surface area contributed by atoms with Gasteiger partial charge >= 0.3 is 0 Å². The van der Waals surface area contributed by atoms with E-state index in [-0.39, 0.29) is 12.1 Å². The molecule has 2 N–H and O–H groups in total. The molecule has 4 nitrogen and oxygen atoms in total. The van der Waals surface area contributed by atoms with Gasteiger partial charge in [0, 0.05) is 32.3 Å². The maximum Gasteiger partial charge on any atom is 0.119 e. The molecule has 0 aliphatic carbocycles. The molecule has 0 aromatic heterocycles. The van der Waals surface area contributed by atoms with Crippen LogP contribution >= 0.6 is 0 Å². The highest BCUT2D eigenvalue weighted by atomic mass is 16.5. The first kappa shape index (κ1) is 16.3. The summed E-state index contributed by atoms with van der Waals surface area (Å²) in [5, 5.41) is 0. The number of rotatable bonds is 6. The molecule has 1 aromatic rings. The van der Waals surface area contributed by atoms with E-state index in [0.29, 0.717) is 6.10 Å². The van der Waals surface area contributed by atoms with E-state index in [1.165, 1.54) is 5.56 Å². The predicted octanol–water partition coefficient (Wildman–Crippen LogP) is 2.58. The van der Waals surface area contributed by atoms with E-state index in [1.54, 1.807) is 14.2 Å². The topological polar surface area (TPSA) is 47.7 Å². The van der Waals surface area contributed by atoms with E-state index in [2.05, 4.69) is 24.0 Å². The minimum atomic E-state index is 0.135. The fraction of sp³-hybridized carbons (Fsp3) is 0.647. The third-order valence-electron chi connectivity index (χ3n) is 4.52.